The molecule has 3 rings (SSSR count). The third-order valence-corrected chi connectivity index (χ3v) is 5.81. The van der Waals surface area contributed by atoms with Crippen molar-refractivity contribution in [3.63, 3.8) is 0 Å². The van der Waals surface area contributed by atoms with Gasteiger partial charge in [-0.25, -0.2) is 0 Å². The van der Waals surface area contributed by atoms with Gasteiger partial charge in [-0.1, -0.05) is 23.8 Å². The van der Waals surface area contributed by atoms with Gasteiger partial charge in [-0.3, -0.25) is 19.2 Å². The number of nitrogens with zero attached hydrogens (tertiary/aromatic N) is 2. The van der Waals surface area contributed by atoms with Crippen molar-refractivity contribution in [2.45, 2.75) is 51.7 Å². The Labute approximate surface area is 171 Å². The van der Waals surface area contributed by atoms with E-state index in [0.717, 1.165) is 16.7 Å². The van der Waals surface area contributed by atoms with Crippen molar-refractivity contribution in [1.29, 1.82) is 0 Å². The lowest BCUT2D eigenvalue weighted by Crippen LogP contribution is -2.39. The number of hydrogen-bond donors (Lipinski definition) is 0. The summed E-state index contributed by atoms with van der Waals surface area (Å²) in [4.78, 5) is 50.6. The van der Waals surface area contributed by atoms with E-state index in [0.29, 0.717) is 19.4 Å². The summed E-state index contributed by atoms with van der Waals surface area (Å²) >= 11 is 0. The molecule has 29 heavy (non-hydrogen) atoms. The zero-order valence-electron chi connectivity index (χ0n) is 17.3. The topological polar surface area (TPSA) is 84.0 Å². The Morgan fingerprint density at radius 1 is 1.00 bits per heavy atom. The summed E-state index contributed by atoms with van der Waals surface area (Å²) < 4.78 is 5.60. The number of rotatable bonds is 8. The van der Waals surface area contributed by atoms with Crippen LogP contribution in [0.4, 0.5) is 0 Å². The molecule has 2 aliphatic heterocycles. The standard InChI is InChI=1S/C22H28N2O5/c1-14-4-5-15(2)19(8-14)16(6-7-23-12-17(25)10-20(23)27)9-22(29-3)24-13-18(26)11-21(24)28/h4-5,8,16,22H,6-7,9-13H2,1-3H3. The van der Waals surface area contributed by atoms with Crippen molar-refractivity contribution in [3.05, 3.63) is 34.9 Å². The fourth-order valence-corrected chi connectivity index (χ4v) is 4.21. The van der Waals surface area contributed by atoms with E-state index in [9.17, 15) is 19.2 Å². The first kappa shape index (κ1) is 21.2. The summed E-state index contributed by atoms with van der Waals surface area (Å²) in [5.74, 6) is -0.456. The highest BCUT2D eigenvalue weighted by molar-refractivity contribution is 6.05. The van der Waals surface area contributed by atoms with Crippen molar-refractivity contribution < 1.29 is 23.9 Å². The molecule has 2 amide bonds. The zero-order valence-corrected chi connectivity index (χ0v) is 17.3. The van der Waals surface area contributed by atoms with Gasteiger partial charge in [0, 0.05) is 13.7 Å². The van der Waals surface area contributed by atoms with Crippen LogP contribution in [0.2, 0.25) is 0 Å². The van der Waals surface area contributed by atoms with Crippen LogP contribution in [0.1, 0.15) is 48.3 Å². The Kier molecular flexibility index (Phi) is 6.47. The van der Waals surface area contributed by atoms with Crippen molar-refractivity contribution in [1.82, 2.24) is 9.80 Å². The number of Topliss-reactive ketones (excluding diaryl/α,β-unsaturated/α-hetero) is 2. The Morgan fingerprint density at radius 2 is 1.69 bits per heavy atom. The molecule has 0 aliphatic carbocycles. The summed E-state index contributed by atoms with van der Waals surface area (Å²) in [5.41, 5.74) is 3.40. The van der Waals surface area contributed by atoms with Gasteiger partial charge in [-0.15, -0.1) is 0 Å². The molecule has 0 radical (unpaired) electrons. The molecule has 2 heterocycles. The van der Waals surface area contributed by atoms with E-state index in [1.54, 1.807) is 12.0 Å². The Hall–Kier alpha value is -2.54. The van der Waals surface area contributed by atoms with Crippen LogP contribution < -0.4 is 0 Å². The largest absolute Gasteiger partial charge is 0.361 e. The summed E-state index contributed by atoms with van der Waals surface area (Å²) in [6, 6.07) is 6.24. The third kappa shape index (κ3) is 4.90. The lowest BCUT2D eigenvalue weighted by molar-refractivity contribution is -0.139. The zero-order chi connectivity index (χ0) is 21.1. The van der Waals surface area contributed by atoms with Crippen molar-refractivity contribution in [2.75, 3.05) is 26.7 Å². The second-order valence-corrected chi connectivity index (χ2v) is 8.04. The molecule has 7 nitrogen and oxygen atoms in total. The summed E-state index contributed by atoms with van der Waals surface area (Å²) in [6.45, 7) is 4.80. The number of amides is 2. The first-order valence-electron chi connectivity index (χ1n) is 9.99. The number of benzene rings is 1. The molecule has 0 N–H and O–H groups in total. The van der Waals surface area contributed by atoms with Gasteiger partial charge in [-0.2, -0.15) is 0 Å². The number of hydrogen-bond acceptors (Lipinski definition) is 5. The van der Waals surface area contributed by atoms with Crippen LogP contribution >= 0.6 is 0 Å². The second kappa shape index (κ2) is 8.86. The minimum Gasteiger partial charge on any atom is -0.361 e. The summed E-state index contributed by atoms with van der Waals surface area (Å²) in [5, 5.41) is 0. The number of aryl methyl sites for hydroxylation is 2. The fraction of sp³-hybridized carbons (Fsp3) is 0.545. The maximum atomic E-state index is 12.2. The molecule has 2 saturated heterocycles. The van der Waals surface area contributed by atoms with Crippen LogP contribution in [0.15, 0.2) is 18.2 Å². The van der Waals surface area contributed by atoms with E-state index in [1.165, 1.54) is 4.90 Å². The highest BCUT2D eigenvalue weighted by Crippen LogP contribution is 2.32. The molecule has 0 bridgehead atoms. The van der Waals surface area contributed by atoms with Crippen LogP contribution in [0.5, 0.6) is 0 Å². The molecule has 2 unspecified atom stereocenters. The normalized spacial score (nSPS) is 19.4. The van der Waals surface area contributed by atoms with Gasteiger partial charge in [-0.05, 0) is 43.7 Å². The minimum atomic E-state index is -0.505. The average Bonchev–Trinajstić information content (AvgIpc) is 3.17. The lowest BCUT2D eigenvalue weighted by Gasteiger charge is -2.31. The molecule has 2 fully saturated rings. The van der Waals surface area contributed by atoms with Crippen LogP contribution in [0.25, 0.3) is 0 Å². The van der Waals surface area contributed by atoms with Crippen LogP contribution in [0, 0.1) is 13.8 Å². The number of likely N-dealkylation sites (tertiary alicyclic amines) is 2. The molecule has 2 atom stereocenters. The molecular formula is C22H28N2O5. The van der Waals surface area contributed by atoms with Gasteiger partial charge < -0.3 is 14.5 Å². The summed E-state index contributed by atoms with van der Waals surface area (Å²) in [6.07, 6.45) is 0.585. The van der Waals surface area contributed by atoms with Crippen LogP contribution in [-0.4, -0.2) is 66.2 Å². The first-order chi connectivity index (χ1) is 13.8. The van der Waals surface area contributed by atoms with E-state index in [4.69, 9.17) is 4.74 Å². The maximum Gasteiger partial charge on any atom is 0.232 e. The van der Waals surface area contributed by atoms with Gasteiger partial charge in [0.05, 0.1) is 25.9 Å². The van der Waals surface area contributed by atoms with Crippen molar-refractivity contribution in [2.24, 2.45) is 0 Å². The quantitative estimate of drug-likeness (QED) is 0.621. The van der Waals surface area contributed by atoms with E-state index >= 15 is 0 Å². The highest BCUT2D eigenvalue weighted by Gasteiger charge is 2.35. The molecule has 1 aromatic carbocycles. The molecular weight excluding hydrogens is 372 g/mol. The molecule has 0 saturated carbocycles. The Balaban J connectivity index is 1.80. The van der Waals surface area contributed by atoms with Crippen molar-refractivity contribution >= 4 is 23.4 Å². The number of carbonyl (C=O) groups is 4. The van der Waals surface area contributed by atoms with E-state index in [-0.39, 0.29) is 55.2 Å². The van der Waals surface area contributed by atoms with Crippen molar-refractivity contribution in [3.8, 4) is 0 Å². The molecule has 7 heteroatoms. The van der Waals surface area contributed by atoms with E-state index in [1.807, 2.05) is 13.8 Å². The molecule has 1 aromatic rings. The average molecular weight is 400 g/mol. The van der Waals surface area contributed by atoms with Gasteiger partial charge in [0.2, 0.25) is 11.8 Å². The monoisotopic (exact) mass is 400 g/mol. The van der Waals surface area contributed by atoms with Gasteiger partial charge in [0.1, 0.15) is 6.23 Å². The molecule has 2 aliphatic rings. The predicted octanol–water partition coefficient (Wildman–Crippen LogP) is 1.74. The molecule has 0 aromatic heterocycles. The minimum absolute atomic E-state index is 0.0147. The van der Waals surface area contributed by atoms with E-state index in [2.05, 4.69) is 18.2 Å². The number of methoxy groups -OCH3 is 1. The van der Waals surface area contributed by atoms with Crippen LogP contribution in [-0.2, 0) is 23.9 Å². The molecule has 156 valence electrons. The number of ether oxygens (including phenoxy) is 1. The Morgan fingerprint density at radius 3 is 2.28 bits per heavy atom. The fourth-order valence-electron chi connectivity index (χ4n) is 4.21. The van der Waals surface area contributed by atoms with Gasteiger partial charge in [0.25, 0.3) is 0 Å². The lowest BCUT2D eigenvalue weighted by atomic mass is 9.87. The summed E-state index contributed by atoms with van der Waals surface area (Å²) in [7, 11) is 1.55. The predicted molar refractivity (Wildman–Crippen MR) is 106 cm³/mol. The van der Waals surface area contributed by atoms with Crippen LogP contribution in [0.3, 0.4) is 0 Å². The van der Waals surface area contributed by atoms with Gasteiger partial charge in [0.15, 0.2) is 11.6 Å². The third-order valence-electron chi connectivity index (χ3n) is 5.81. The first-order valence-corrected chi connectivity index (χ1v) is 9.99. The number of carbonyl (C=O) groups excluding carboxylic acids is 4. The second-order valence-electron chi connectivity index (χ2n) is 8.04. The smallest absolute Gasteiger partial charge is 0.232 e. The Bertz CT molecular complexity index is 834. The SMILES string of the molecule is COC(CC(CCN1CC(=O)CC1=O)c1cc(C)ccc1C)N1CC(=O)CC1=O. The number of ketones is 2. The van der Waals surface area contributed by atoms with Gasteiger partial charge >= 0.3 is 0 Å². The molecule has 0 spiro atoms. The maximum absolute atomic E-state index is 12.2. The highest BCUT2D eigenvalue weighted by atomic mass is 16.5. The van der Waals surface area contributed by atoms with E-state index < -0.39 is 6.23 Å².